The largest absolute Gasteiger partial charge is 0.392 e. The van der Waals surface area contributed by atoms with Crippen molar-refractivity contribution in [1.29, 1.82) is 0 Å². The predicted molar refractivity (Wildman–Crippen MR) is 72.3 cm³/mol. The zero-order valence-electron chi connectivity index (χ0n) is 10.0. The summed E-state index contributed by atoms with van der Waals surface area (Å²) in [5.41, 5.74) is 2.08. The van der Waals surface area contributed by atoms with Gasteiger partial charge in [-0.2, -0.15) is 0 Å². The lowest BCUT2D eigenvalue weighted by atomic mass is 10.1. The lowest BCUT2D eigenvalue weighted by molar-refractivity contribution is 0.0820. The first-order chi connectivity index (χ1) is 8.20. The van der Waals surface area contributed by atoms with E-state index in [0.29, 0.717) is 0 Å². The Kier molecular flexibility index (Phi) is 4.42. The van der Waals surface area contributed by atoms with E-state index in [-0.39, 0.29) is 12.7 Å². The summed E-state index contributed by atoms with van der Waals surface area (Å²) in [7, 11) is 0. The molecule has 1 heterocycles. The van der Waals surface area contributed by atoms with Gasteiger partial charge in [0.25, 0.3) is 0 Å². The Balaban J connectivity index is 2.27. The molecule has 0 aromatic heterocycles. The van der Waals surface area contributed by atoms with Crippen molar-refractivity contribution in [3.8, 4) is 0 Å². The molecule has 0 radical (unpaired) electrons. The van der Waals surface area contributed by atoms with Gasteiger partial charge in [0.15, 0.2) is 0 Å². The molecular formula is C13H18BrNO2. The molecule has 1 aromatic rings. The fourth-order valence-electron chi connectivity index (χ4n) is 2.18. The summed E-state index contributed by atoms with van der Waals surface area (Å²) in [5.74, 6) is 0. The van der Waals surface area contributed by atoms with Crippen LogP contribution in [0.25, 0.3) is 0 Å². The summed E-state index contributed by atoms with van der Waals surface area (Å²) in [6.45, 7) is 4.85. The highest BCUT2D eigenvalue weighted by Gasteiger charge is 2.17. The van der Waals surface area contributed by atoms with Gasteiger partial charge in [-0.05, 0) is 25.5 Å². The first kappa shape index (κ1) is 12.9. The molecule has 2 rings (SSSR count). The van der Waals surface area contributed by atoms with E-state index < -0.39 is 0 Å². The van der Waals surface area contributed by atoms with E-state index in [1.54, 1.807) is 0 Å². The van der Waals surface area contributed by atoms with Crippen LogP contribution in [-0.2, 0) is 11.3 Å². The average molecular weight is 300 g/mol. The van der Waals surface area contributed by atoms with Crippen LogP contribution in [0.2, 0.25) is 0 Å². The minimum atomic E-state index is 0.0777. The third kappa shape index (κ3) is 3.21. The third-order valence-corrected chi connectivity index (χ3v) is 3.50. The normalized spacial score (nSPS) is 21.4. The van der Waals surface area contributed by atoms with E-state index in [9.17, 15) is 5.11 Å². The molecule has 1 saturated heterocycles. The van der Waals surface area contributed by atoms with Crippen LogP contribution < -0.4 is 4.90 Å². The molecule has 1 atom stereocenters. The van der Waals surface area contributed by atoms with Gasteiger partial charge in [-0.1, -0.05) is 22.0 Å². The first-order valence-electron chi connectivity index (χ1n) is 5.96. The summed E-state index contributed by atoms with van der Waals surface area (Å²) < 4.78 is 6.69. The van der Waals surface area contributed by atoms with Gasteiger partial charge in [0, 0.05) is 35.4 Å². The quantitative estimate of drug-likeness (QED) is 0.911. The fourth-order valence-corrected chi connectivity index (χ4v) is 2.53. The van der Waals surface area contributed by atoms with Gasteiger partial charge in [-0.3, -0.25) is 0 Å². The number of hydrogen-bond acceptors (Lipinski definition) is 3. The molecule has 1 aliphatic rings. The summed E-state index contributed by atoms with van der Waals surface area (Å²) >= 11 is 3.49. The van der Waals surface area contributed by atoms with E-state index in [1.165, 1.54) is 0 Å². The second-order valence-corrected chi connectivity index (χ2v) is 5.33. The molecule has 0 amide bonds. The highest BCUT2D eigenvalue weighted by Crippen LogP contribution is 2.26. The molecule has 1 fully saturated rings. The molecule has 1 aromatic carbocycles. The molecule has 0 saturated carbocycles. The third-order valence-electron chi connectivity index (χ3n) is 3.01. The molecular weight excluding hydrogens is 282 g/mol. The van der Waals surface area contributed by atoms with Crippen LogP contribution in [0, 0.1) is 0 Å². The maximum Gasteiger partial charge on any atom is 0.0721 e. The molecule has 1 unspecified atom stereocenters. The Morgan fingerprint density at radius 1 is 1.53 bits per heavy atom. The summed E-state index contributed by atoms with van der Waals surface area (Å²) in [6.07, 6.45) is 1.27. The molecule has 94 valence electrons. The first-order valence-corrected chi connectivity index (χ1v) is 6.76. The number of hydrogen-bond donors (Lipinski definition) is 1. The monoisotopic (exact) mass is 299 g/mol. The minimum absolute atomic E-state index is 0.0777. The van der Waals surface area contributed by atoms with E-state index >= 15 is 0 Å². The van der Waals surface area contributed by atoms with Crippen molar-refractivity contribution in [3.63, 3.8) is 0 Å². The molecule has 1 N–H and O–H groups in total. The lowest BCUT2D eigenvalue weighted by Gasteiger charge is -2.26. The second kappa shape index (κ2) is 5.85. The molecule has 4 heteroatoms. The standard InChI is InChI=1S/C13H18BrNO2/c1-10-8-15(5-2-6-17-10)13-7-12(14)4-3-11(13)9-16/h3-4,7,10,16H,2,5-6,8-9H2,1H3. The highest BCUT2D eigenvalue weighted by molar-refractivity contribution is 9.10. The summed E-state index contributed by atoms with van der Waals surface area (Å²) in [5, 5.41) is 9.40. The van der Waals surface area contributed by atoms with Gasteiger partial charge in [0.1, 0.15) is 0 Å². The second-order valence-electron chi connectivity index (χ2n) is 4.41. The topological polar surface area (TPSA) is 32.7 Å². The van der Waals surface area contributed by atoms with Gasteiger partial charge in [-0.15, -0.1) is 0 Å². The number of benzene rings is 1. The predicted octanol–water partition coefficient (Wildman–Crippen LogP) is 2.56. The fraction of sp³-hybridized carbons (Fsp3) is 0.538. The molecule has 17 heavy (non-hydrogen) atoms. The van der Waals surface area contributed by atoms with Gasteiger partial charge in [0.05, 0.1) is 12.7 Å². The smallest absolute Gasteiger partial charge is 0.0721 e. The SMILES string of the molecule is CC1CN(c2cc(Br)ccc2CO)CCCO1. The van der Waals surface area contributed by atoms with Gasteiger partial charge in [0.2, 0.25) is 0 Å². The van der Waals surface area contributed by atoms with Crippen LogP contribution in [-0.4, -0.2) is 30.9 Å². The minimum Gasteiger partial charge on any atom is -0.392 e. The van der Waals surface area contributed by atoms with Crippen molar-refractivity contribution >= 4 is 21.6 Å². The van der Waals surface area contributed by atoms with Crippen LogP contribution in [0.1, 0.15) is 18.9 Å². The summed E-state index contributed by atoms with van der Waals surface area (Å²) in [4.78, 5) is 2.30. The number of nitrogens with zero attached hydrogens (tertiary/aromatic N) is 1. The zero-order valence-corrected chi connectivity index (χ0v) is 11.6. The molecule has 0 spiro atoms. The number of aliphatic hydroxyl groups excluding tert-OH is 1. The maximum atomic E-state index is 9.40. The Bertz CT molecular complexity index is 384. The van der Waals surface area contributed by atoms with E-state index in [2.05, 4.69) is 33.8 Å². The Hall–Kier alpha value is -0.580. The molecule has 1 aliphatic heterocycles. The molecule has 3 nitrogen and oxygen atoms in total. The zero-order chi connectivity index (χ0) is 12.3. The van der Waals surface area contributed by atoms with Crippen molar-refractivity contribution < 1.29 is 9.84 Å². The Morgan fingerprint density at radius 2 is 2.35 bits per heavy atom. The van der Waals surface area contributed by atoms with E-state index in [0.717, 1.165) is 41.8 Å². The van der Waals surface area contributed by atoms with Gasteiger partial charge in [-0.25, -0.2) is 0 Å². The van der Waals surface area contributed by atoms with E-state index in [1.807, 2.05) is 12.1 Å². The van der Waals surface area contributed by atoms with Crippen LogP contribution in [0.3, 0.4) is 0 Å². The molecule has 0 aliphatic carbocycles. The van der Waals surface area contributed by atoms with Crippen LogP contribution in [0.5, 0.6) is 0 Å². The Labute approximate surface area is 111 Å². The van der Waals surface area contributed by atoms with Crippen molar-refractivity contribution in [2.45, 2.75) is 26.1 Å². The average Bonchev–Trinajstić information content (AvgIpc) is 2.54. The highest BCUT2D eigenvalue weighted by atomic mass is 79.9. The number of halogens is 1. The lowest BCUT2D eigenvalue weighted by Crippen LogP contribution is -2.30. The number of ether oxygens (including phenoxy) is 1. The number of rotatable bonds is 2. The van der Waals surface area contributed by atoms with Gasteiger partial charge < -0.3 is 14.7 Å². The van der Waals surface area contributed by atoms with Gasteiger partial charge >= 0.3 is 0 Å². The van der Waals surface area contributed by atoms with Crippen molar-refractivity contribution in [3.05, 3.63) is 28.2 Å². The van der Waals surface area contributed by atoms with Crippen LogP contribution in [0.4, 0.5) is 5.69 Å². The van der Waals surface area contributed by atoms with Crippen LogP contribution >= 0.6 is 15.9 Å². The van der Waals surface area contributed by atoms with Crippen molar-refractivity contribution in [1.82, 2.24) is 0 Å². The van der Waals surface area contributed by atoms with Crippen LogP contribution in [0.15, 0.2) is 22.7 Å². The van der Waals surface area contributed by atoms with Crippen molar-refractivity contribution in [2.24, 2.45) is 0 Å². The summed E-state index contributed by atoms with van der Waals surface area (Å²) in [6, 6.07) is 6.01. The van der Waals surface area contributed by atoms with Crippen molar-refractivity contribution in [2.75, 3.05) is 24.6 Å². The number of aliphatic hydroxyl groups is 1. The molecule has 0 bridgehead atoms. The Morgan fingerprint density at radius 3 is 3.12 bits per heavy atom. The van der Waals surface area contributed by atoms with E-state index in [4.69, 9.17) is 4.74 Å². The maximum absolute atomic E-state index is 9.40. The number of anilines is 1.